The molecule has 1 aliphatic rings. The van der Waals surface area contributed by atoms with Gasteiger partial charge in [-0.2, -0.15) is 0 Å². The summed E-state index contributed by atoms with van der Waals surface area (Å²) in [5.74, 6) is -1.35. The molecule has 1 heterocycles. The van der Waals surface area contributed by atoms with Gasteiger partial charge in [-0.25, -0.2) is 0 Å². The molecule has 6 nitrogen and oxygen atoms in total. The smallest absolute Gasteiger partial charge is 0.295 e. The molecule has 1 aliphatic heterocycles. The predicted molar refractivity (Wildman–Crippen MR) is 120 cm³/mol. The van der Waals surface area contributed by atoms with Crippen LogP contribution >= 0.6 is 23.2 Å². The number of ketones is 1. The Labute approximate surface area is 191 Å². The lowest BCUT2D eigenvalue weighted by atomic mass is 9.95. The van der Waals surface area contributed by atoms with Gasteiger partial charge >= 0.3 is 0 Å². The van der Waals surface area contributed by atoms with Crippen LogP contribution in [-0.2, 0) is 14.3 Å². The van der Waals surface area contributed by atoms with E-state index in [1.807, 2.05) is 13.8 Å². The van der Waals surface area contributed by atoms with E-state index in [4.69, 9.17) is 32.7 Å². The topological polar surface area (TPSA) is 76.1 Å². The largest absolute Gasteiger partial charge is 0.507 e. The van der Waals surface area contributed by atoms with E-state index in [1.165, 1.54) is 18.1 Å². The minimum atomic E-state index is -0.783. The summed E-state index contributed by atoms with van der Waals surface area (Å²) in [6.07, 6.45) is -0.0211. The summed E-state index contributed by atoms with van der Waals surface area (Å²) < 4.78 is 10.7. The number of rotatable bonds is 7. The maximum atomic E-state index is 13.0. The SMILES string of the molecule is COc1ccc(/C(O)=C2/C(=O)C(=O)N(CCOC(C)C)C2c2ccc(Cl)cc2)cc1Cl. The molecule has 3 rings (SSSR count). The second-order valence-electron chi connectivity index (χ2n) is 7.31. The number of benzene rings is 2. The van der Waals surface area contributed by atoms with Gasteiger partial charge in [-0.15, -0.1) is 0 Å². The summed E-state index contributed by atoms with van der Waals surface area (Å²) in [7, 11) is 1.48. The van der Waals surface area contributed by atoms with E-state index in [9.17, 15) is 14.7 Å². The summed E-state index contributed by atoms with van der Waals surface area (Å²) in [5, 5.41) is 11.8. The van der Waals surface area contributed by atoms with Crippen molar-refractivity contribution >= 4 is 40.7 Å². The normalized spacial score (nSPS) is 18.1. The Bertz CT molecular complexity index is 1020. The van der Waals surface area contributed by atoms with Gasteiger partial charge in [-0.1, -0.05) is 35.3 Å². The number of carbonyl (C=O) groups is 2. The van der Waals surface area contributed by atoms with Crippen molar-refractivity contribution in [2.24, 2.45) is 0 Å². The number of Topliss-reactive ketones (excluding diaryl/α,β-unsaturated/α-hetero) is 1. The molecule has 0 bridgehead atoms. The highest BCUT2D eigenvalue weighted by Crippen LogP contribution is 2.40. The Hall–Kier alpha value is -2.54. The number of ether oxygens (including phenoxy) is 2. The third-order valence-electron chi connectivity index (χ3n) is 4.93. The van der Waals surface area contributed by atoms with Gasteiger partial charge in [0.25, 0.3) is 11.7 Å². The minimum Gasteiger partial charge on any atom is -0.507 e. The fraction of sp³-hybridized carbons (Fsp3) is 0.304. The minimum absolute atomic E-state index is 0.0156. The number of amides is 1. The molecular weight excluding hydrogens is 441 g/mol. The molecule has 0 saturated carbocycles. The quantitative estimate of drug-likeness (QED) is 0.360. The van der Waals surface area contributed by atoms with Gasteiger partial charge in [-0.3, -0.25) is 9.59 Å². The second-order valence-corrected chi connectivity index (χ2v) is 8.16. The van der Waals surface area contributed by atoms with Gasteiger partial charge < -0.3 is 19.5 Å². The van der Waals surface area contributed by atoms with Crippen LogP contribution in [0.2, 0.25) is 10.0 Å². The Morgan fingerprint density at radius 1 is 1.13 bits per heavy atom. The van der Waals surface area contributed by atoms with Crippen LogP contribution in [0, 0.1) is 0 Å². The molecule has 8 heteroatoms. The zero-order chi connectivity index (χ0) is 22.7. The summed E-state index contributed by atoms with van der Waals surface area (Å²) in [6.45, 7) is 4.22. The van der Waals surface area contributed by atoms with E-state index in [-0.39, 0.29) is 35.6 Å². The zero-order valence-electron chi connectivity index (χ0n) is 17.4. The van der Waals surface area contributed by atoms with Crippen LogP contribution in [0.15, 0.2) is 48.0 Å². The number of hydrogen-bond donors (Lipinski definition) is 1. The van der Waals surface area contributed by atoms with Crippen molar-refractivity contribution in [2.45, 2.75) is 26.0 Å². The Morgan fingerprint density at radius 2 is 1.81 bits per heavy atom. The molecule has 1 amide bonds. The summed E-state index contributed by atoms with van der Waals surface area (Å²) in [5.41, 5.74) is 0.939. The third kappa shape index (κ3) is 4.87. The molecule has 31 heavy (non-hydrogen) atoms. The van der Waals surface area contributed by atoms with Gasteiger partial charge in [0.15, 0.2) is 0 Å². The summed E-state index contributed by atoms with van der Waals surface area (Å²) in [4.78, 5) is 27.2. The van der Waals surface area contributed by atoms with Crippen LogP contribution in [-0.4, -0.2) is 48.1 Å². The first-order valence-corrected chi connectivity index (χ1v) is 10.5. The van der Waals surface area contributed by atoms with Gasteiger partial charge in [-0.05, 0) is 49.7 Å². The highest BCUT2D eigenvalue weighted by atomic mass is 35.5. The van der Waals surface area contributed by atoms with E-state index >= 15 is 0 Å². The third-order valence-corrected chi connectivity index (χ3v) is 5.48. The van der Waals surface area contributed by atoms with Crippen LogP contribution in [0.4, 0.5) is 0 Å². The van der Waals surface area contributed by atoms with Gasteiger partial charge in [0, 0.05) is 17.1 Å². The average Bonchev–Trinajstić information content (AvgIpc) is 2.98. The van der Waals surface area contributed by atoms with Crippen molar-refractivity contribution in [3.63, 3.8) is 0 Å². The number of aliphatic hydroxyl groups is 1. The standard InChI is InChI=1S/C23H23Cl2NO5/c1-13(2)31-11-10-26-20(14-4-7-16(24)8-5-14)19(22(28)23(26)29)21(27)15-6-9-18(30-3)17(25)12-15/h4-9,12-13,20,27H,10-11H2,1-3H3/b21-19-. The molecule has 1 N–H and O–H groups in total. The van der Waals surface area contributed by atoms with Crippen molar-refractivity contribution in [1.82, 2.24) is 4.90 Å². The molecule has 1 fully saturated rings. The average molecular weight is 464 g/mol. The van der Waals surface area contributed by atoms with Crippen LogP contribution in [0.25, 0.3) is 5.76 Å². The predicted octanol–water partition coefficient (Wildman–Crippen LogP) is 4.85. The van der Waals surface area contributed by atoms with E-state index in [0.717, 1.165) is 0 Å². The van der Waals surface area contributed by atoms with E-state index in [1.54, 1.807) is 36.4 Å². The number of carbonyl (C=O) groups excluding carboxylic acids is 2. The number of methoxy groups -OCH3 is 1. The lowest BCUT2D eigenvalue weighted by Crippen LogP contribution is -2.33. The Balaban J connectivity index is 2.10. The van der Waals surface area contributed by atoms with Crippen molar-refractivity contribution in [3.05, 3.63) is 69.2 Å². The number of halogens is 2. The number of nitrogens with zero attached hydrogens (tertiary/aromatic N) is 1. The first-order valence-electron chi connectivity index (χ1n) is 9.74. The van der Waals surface area contributed by atoms with Crippen LogP contribution in [0.3, 0.4) is 0 Å². The highest BCUT2D eigenvalue weighted by Gasteiger charge is 2.45. The van der Waals surface area contributed by atoms with Crippen LogP contribution in [0.1, 0.15) is 31.0 Å². The first-order chi connectivity index (χ1) is 14.7. The maximum Gasteiger partial charge on any atom is 0.295 e. The molecule has 0 spiro atoms. The fourth-order valence-corrected chi connectivity index (χ4v) is 3.84. The maximum absolute atomic E-state index is 13.0. The van der Waals surface area contributed by atoms with Crippen molar-refractivity contribution in [1.29, 1.82) is 0 Å². The molecule has 0 radical (unpaired) electrons. The second kappa shape index (κ2) is 9.73. The fourth-order valence-electron chi connectivity index (χ4n) is 3.46. The van der Waals surface area contributed by atoms with Gasteiger partial charge in [0.05, 0.1) is 36.5 Å². The monoisotopic (exact) mass is 463 g/mol. The molecule has 0 aliphatic carbocycles. The number of hydrogen-bond acceptors (Lipinski definition) is 5. The molecule has 0 aromatic heterocycles. The molecule has 1 saturated heterocycles. The molecule has 164 valence electrons. The highest BCUT2D eigenvalue weighted by molar-refractivity contribution is 6.46. The van der Waals surface area contributed by atoms with Gasteiger partial charge in [0.1, 0.15) is 11.5 Å². The lowest BCUT2D eigenvalue weighted by Gasteiger charge is -2.25. The Morgan fingerprint density at radius 3 is 2.39 bits per heavy atom. The molecule has 1 unspecified atom stereocenters. The van der Waals surface area contributed by atoms with E-state index in [2.05, 4.69) is 0 Å². The summed E-state index contributed by atoms with van der Waals surface area (Å²) in [6, 6.07) is 10.7. The van der Waals surface area contributed by atoms with Crippen molar-refractivity contribution in [2.75, 3.05) is 20.3 Å². The summed E-state index contributed by atoms with van der Waals surface area (Å²) >= 11 is 12.2. The van der Waals surface area contributed by atoms with Crippen molar-refractivity contribution in [3.8, 4) is 5.75 Å². The number of likely N-dealkylation sites (tertiary alicyclic amines) is 1. The molecule has 2 aromatic rings. The Kier molecular flexibility index (Phi) is 7.26. The first kappa shape index (κ1) is 23.1. The lowest BCUT2D eigenvalue weighted by molar-refractivity contribution is -0.140. The molecule has 1 atom stereocenters. The number of aliphatic hydroxyl groups excluding tert-OH is 1. The molecule has 2 aromatic carbocycles. The zero-order valence-corrected chi connectivity index (χ0v) is 18.9. The van der Waals surface area contributed by atoms with Gasteiger partial charge in [0.2, 0.25) is 0 Å². The van der Waals surface area contributed by atoms with E-state index in [0.29, 0.717) is 21.9 Å². The van der Waals surface area contributed by atoms with Crippen molar-refractivity contribution < 1.29 is 24.2 Å². The molecular formula is C23H23Cl2NO5. The van der Waals surface area contributed by atoms with Crippen LogP contribution in [0.5, 0.6) is 5.75 Å². The van der Waals surface area contributed by atoms with Crippen LogP contribution < -0.4 is 4.74 Å². The van der Waals surface area contributed by atoms with E-state index < -0.39 is 17.7 Å².